The summed E-state index contributed by atoms with van der Waals surface area (Å²) in [5.74, 6) is 0.965. The second kappa shape index (κ2) is 5.38. The molecular weight excluding hydrogens is 284 g/mol. The summed E-state index contributed by atoms with van der Waals surface area (Å²) in [5, 5.41) is 0. The van der Waals surface area contributed by atoms with Crippen molar-refractivity contribution in [3.63, 3.8) is 0 Å². The molecule has 0 heterocycles. The largest absolute Gasteiger partial charge is 0.297 e. The van der Waals surface area contributed by atoms with Gasteiger partial charge in [-0.25, -0.2) is 0 Å². The monoisotopic (exact) mass is 298 g/mol. The molecule has 0 aromatic rings. The van der Waals surface area contributed by atoms with E-state index in [-0.39, 0.29) is 15.4 Å². The summed E-state index contributed by atoms with van der Waals surface area (Å²) in [6.45, 7) is 8.16. The molecule has 3 heteroatoms. The molecule has 0 aromatic carbocycles. The maximum Gasteiger partial charge on any atom is 0.160 e. The molecule has 0 saturated heterocycles. The lowest BCUT2D eigenvalue weighted by Crippen LogP contribution is -2.31. The molecular formula is C9H16Br2O. The maximum absolute atomic E-state index is 11.6. The van der Waals surface area contributed by atoms with E-state index in [0.717, 1.165) is 0 Å². The van der Waals surface area contributed by atoms with Crippen LogP contribution in [0.15, 0.2) is 0 Å². The van der Waals surface area contributed by atoms with Gasteiger partial charge in [-0.2, -0.15) is 0 Å². The van der Waals surface area contributed by atoms with Crippen molar-refractivity contribution in [3.05, 3.63) is 0 Å². The standard InChI is InChI=1S/C9H16Br2O/c1-5(2)7(10)9(12)8(11)6(3)4/h5-8H,1-4H3. The van der Waals surface area contributed by atoms with Gasteiger partial charge in [-0.15, -0.1) is 0 Å². The first-order valence-electron chi connectivity index (χ1n) is 4.19. The van der Waals surface area contributed by atoms with E-state index in [4.69, 9.17) is 0 Å². The van der Waals surface area contributed by atoms with Crippen LogP contribution in [0.5, 0.6) is 0 Å². The predicted molar refractivity (Wildman–Crippen MR) is 60.1 cm³/mol. The van der Waals surface area contributed by atoms with E-state index < -0.39 is 0 Å². The van der Waals surface area contributed by atoms with Gasteiger partial charge in [0.15, 0.2) is 5.78 Å². The molecule has 0 rings (SSSR count). The average molecular weight is 300 g/mol. The van der Waals surface area contributed by atoms with Crippen molar-refractivity contribution in [2.24, 2.45) is 11.8 Å². The Labute approximate surface area is 91.6 Å². The van der Waals surface area contributed by atoms with Gasteiger partial charge >= 0.3 is 0 Å². The van der Waals surface area contributed by atoms with Crippen LogP contribution >= 0.6 is 31.9 Å². The first-order chi connectivity index (χ1) is 5.37. The Morgan fingerprint density at radius 3 is 1.33 bits per heavy atom. The van der Waals surface area contributed by atoms with E-state index >= 15 is 0 Å². The minimum absolute atomic E-state index is 0.0238. The highest BCUT2D eigenvalue weighted by molar-refractivity contribution is 9.10. The minimum atomic E-state index is -0.0238. The summed E-state index contributed by atoms with van der Waals surface area (Å²) in [5.41, 5.74) is 0. The molecule has 2 unspecified atom stereocenters. The van der Waals surface area contributed by atoms with Crippen LogP contribution in [-0.4, -0.2) is 15.4 Å². The lowest BCUT2D eigenvalue weighted by atomic mass is 9.99. The van der Waals surface area contributed by atoms with Crippen molar-refractivity contribution < 1.29 is 4.79 Å². The van der Waals surface area contributed by atoms with Crippen LogP contribution in [0, 0.1) is 11.8 Å². The van der Waals surface area contributed by atoms with E-state index in [0.29, 0.717) is 11.8 Å². The lowest BCUT2D eigenvalue weighted by molar-refractivity contribution is -0.119. The lowest BCUT2D eigenvalue weighted by Gasteiger charge is -2.18. The average Bonchev–Trinajstić information content (AvgIpc) is 2.00. The third kappa shape index (κ3) is 3.56. The molecule has 2 atom stereocenters. The van der Waals surface area contributed by atoms with Crippen LogP contribution in [0.25, 0.3) is 0 Å². The Hall–Kier alpha value is 0.630. The van der Waals surface area contributed by atoms with Crippen molar-refractivity contribution in [1.82, 2.24) is 0 Å². The van der Waals surface area contributed by atoms with Gasteiger partial charge in [0.1, 0.15) is 0 Å². The Morgan fingerprint density at radius 2 is 1.17 bits per heavy atom. The Bertz CT molecular complexity index is 139. The van der Waals surface area contributed by atoms with Gasteiger partial charge in [-0.05, 0) is 11.8 Å². The van der Waals surface area contributed by atoms with Crippen LogP contribution in [0.4, 0.5) is 0 Å². The highest BCUT2D eigenvalue weighted by Gasteiger charge is 2.26. The number of halogens is 2. The quantitative estimate of drug-likeness (QED) is 0.727. The van der Waals surface area contributed by atoms with Gasteiger partial charge in [0.05, 0.1) is 9.65 Å². The molecule has 0 N–H and O–H groups in total. The summed E-state index contributed by atoms with van der Waals surface area (Å²) in [6, 6.07) is 0. The molecule has 0 aliphatic rings. The number of alkyl halides is 2. The molecule has 0 radical (unpaired) electrons. The zero-order chi connectivity index (χ0) is 9.89. The SMILES string of the molecule is CC(C)C(Br)C(=O)C(Br)C(C)C. The summed E-state index contributed by atoms with van der Waals surface area (Å²) in [4.78, 5) is 11.6. The fourth-order valence-corrected chi connectivity index (χ4v) is 1.73. The molecule has 0 amide bonds. The van der Waals surface area contributed by atoms with E-state index in [1.165, 1.54) is 0 Å². The highest BCUT2D eigenvalue weighted by atomic mass is 79.9. The van der Waals surface area contributed by atoms with Gasteiger partial charge in [-0.1, -0.05) is 59.6 Å². The topological polar surface area (TPSA) is 17.1 Å². The predicted octanol–water partition coefficient (Wildman–Crippen LogP) is 3.39. The molecule has 0 aliphatic carbocycles. The van der Waals surface area contributed by atoms with Crippen LogP contribution in [0.2, 0.25) is 0 Å². The van der Waals surface area contributed by atoms with Crippen molar-refractivity contribution >= 4 is 37.6 Å². The smallest absolute Gasteiger partial charge is 0.160 e. The zero-order valence-electron chi connectivity index (χ0n) is 7.97. The Kier molecular flexibility index (Phi) is 5.66. The summed E-state index contributed by atoms with van der Waals surface area (Å²) >= 11 is 6.79. The fraction of sp³-hybridized carbons (Fsp3) is 0.889. The fourth-order valence-electron chi connectivity index (χ4n) is 0.809. The molecule has 1 nitrogen and oxygen atoms in total. The maximum atomic E-state index is 11.6. The van der Waals surface area contributed by atoms with Crippen molar-refractivity contribution in [2.75, 3.05) is 0 Å². The normalized spacial score (nSPS) is 16.7. The van der Waals surface area contributed by atoms with E-state index in [1.807, 2.05) is 27.7 Å². The Balaban J connectivity index is 4.19. The molecule has 0 bridgehead atoms. The van der Waals surface area contributed by atoms with E-state index in [9.17, 15) is 4.79 Å². The molecule has 0 saturated carbocycles. The van der Waals surface area contributed by atoms with Crippen LogP contribution in [0.3, 0.4) is 0 Å². The third-order valence-corrected chi connectivity index (χ3v) is 4.73. The third-order valence-electron chi connectivity index (χ3n) is 1.71. The summed E-state index contributed by atoms with van der Waals surface area (Å²) in [6.07, 6.45) is 0. The summed E-state index contributed by atoms with van der Waals surface area (Å²) < 4.78 is 0. The highest BCUT2D eigenvalue weighted by Crippen LogP contribution is 2.22. The van der Waals surface area contributed by atoms with Crippen LogP contribution in [0.1, 0.15) is 27.7 Å². The number of carbonyl (C=O) groups is 1. The Morgan fingerprint density at radius 1 is 0.917 bits per heavy atom. The second-order valence-corrected chi connectivity index (χ2v) is 5.67. The van der Waals surface area contributed by atoms with Crippen molar-refractivity contribution in [3.8, 4) is 0 Å². The van der Waals surface area contributed by atoms with Crippen LogP contribution < -0.4 is 0 Å². The first-order valence-corrected chi connectivity index (χ1v) is 6.03. The van der Waals surface area contributed by atoms with Gasteiger partial charge in [-0.3, -0.25) is 4.79 Å². The van der Waals surface area contributed by atoms with E-state index in [1.54, 1.807) is 0 Å². The number of hydrogen-bond acceptors (Lipinski definition) is 1. The molecule has 72 valence electrons. The molecule has 0 aromatic heterocycles. The number of hydrogen-bond donors (Lipinski definition) is 0. The van der Waals surface area contributed by atoms with Gasteiger partial charge in [0.25, 0.3) is 0 Å². The molecule has 0 spiro atoms. The van der Waals surface area contributed by atoms with Crippen LogP contribution in [-0.2, 0) is 4.79 Å². The molecule has 12 heavy (non-hydrogen) atoms. The molecule has 0 fully saturated rings. The van der Waals surface area contributed by atoms with Crippen molar-refractivity contribution in [1.29, 1.82) is 0 Å². The summed E-state index contributed by atoms with van der Waals surface area (Å²) in [7, 11) is 0. The van der Waals surface area contributed by atoms with Crippen molar-refractivity contribution in [2.45, 2.75) is 37.3 Å². The number of carbonyl (C=O) groups excluding carboxylic acids is 1. The second-order valence-electron chi connectivity index (χ2n) is 3.69. The number of ketones is 1. The van der Waals surface area contributed by atoms with Gasteiger partial charge < -0.3 is 0 Å². The molecule has 0 aliphatic heterocycles. The van der Waals surface area contributed by atoms with Gasteiger partial charge in [0.2, 0.25) is 0 Å². The first kappa shape index (κ1) is 12.6. The number of Topliss-reactive ketones (excluding diaryl/α,β-unsaturated/α-hetero) is 1. The number of rotatable bonds is 4. The van der Waals surface area contributed by atoms with E-state index in [2.05, 4.69) is 31.9 Å². The zero-order valence-corrected chi connectivity index (χ0v) is 11.1. The minimum Gasteiger partial charge on any atom is -0.297 e. The van der Waals surface area contributed by atoms with Gasteiger partial charge in [0, 0.05) is 0 Å².